The Balaban J connectivity index is 1.47. The van der Waals surface area contributed by atoms with E-state index in [2.05, 4.69) is 0 Å². The Morgan fingerprint density at radius 3 is 2.64 bits per heavy atom. The minimum absolute atomic E-state index is 0.0215. The highest BCUT2D eigenvalue weighted by Crippen LogP contribution is 2.18. The summed E-state index contributed by atoms with van der Waals surface area (Å²) in [6.07, 6.45) is 0.0215. The van der Waals surface area contributed by atoms with Crippen molar-refractivity contribution in [1.82, 2.24) is 4.90 Å². The lowest BCUT2D eigenvalue weighted by molar-refractivity contribution is -0.0503. The van der Waals surface area contributed by atoms with Crippen LogP contribution in [-0.2, 0) is 11.3 Å². The molecule has 1 aliphatic rings. The third-order valence-electron chi connectivity index (χ3n) is 3.61. The number of hydrogen-bond acceptors (Lipinski definition) is 2. The van der Waals surface area contributed by atoms with Gasteiger partial charge in [-0.2, -0.15) is 0 Å². The van der Waals surface area contributed by atoms with Crippen LogP contribution in [0.25, 0.3) is 0 Å². The number of halogens is 2. The minimum atomic E-state index is -0.401. The Bertz CT molecular complexity index is 669. The van der Waals surface area contributed by atoms with Gasteiger partial charge in [-0.15, -0.1) is 0 Å². The fourth-order valence-electron chi connectivity index (χ4n) is 2.31. The molecule has 1 saturated heterocycles. The van der Waals surface area contributed by atoms with Gasteiger partial charge in [0.15, 0.2) is 0 Å². The van der Waals surface area contributed by atoms with E-state index in [1.54, 1.807) is 11.0 Å². The molecule has 0 atom stereocenters. The quantitative estimate of drug-likeness (QED) is 0.863. The molecule has 1 aliphatic heterocycles. The first-order chi connectivity index (χ1) is 10.6. The number of carbonyl (C=O) groups is 1. The van der Waals surface area contributed by atoms with Crippen LogP contribution in [0.3, 0.4) is 0 Å². The summed E-state index contributed by atoms with van der Waals surface area (Å²) >= 11 is 5.82. The first-order valence-electron chi connectivity index (χ1n) is 7.03. The fourth-order valence-corrected chi connectivity index (χ4v) is 2.43. The molecule has 0 aromatic heterocycles. The van der Waals surface area contributed by atoms with Crippen molar-refractivity contribution >= 4 is 17.5 Å². The van der Waals surface area contributed by atoms with Crippen LogP contribution in [0.4, 0.5) is 4.39 Å². The molecule has 2 aromatic carbocycles. The molecule has 0 radical (unpaired) electrons. The number of carbonyl (C=O) groups excluding carboxylic acids is 1. The van der Waals surface area contributed by atoms with Crippen molar-refractivity contribution in [1.29, 1.82) is 0 Å². The van der Waals surface area contributed by atoms with Gasteiger partial charge in [-0.1, -0.05) is 29.8 Å². The highest BCUT2D eigenvalue weighted by atomic mass is 35.5. The molecule has 2 aromatic rings. The van der Waals surface area contributed by atoms with E-state index in [9.17, 15) is 9.18 Å². The van der Waals surface area contributed by atoms with Crippen LogP contribution in [0, 0.1) is 5.82 Å². The average Bonchev–Trinajstić information content (AvgIpc) is 2.47. The molecule has 0 aliphatic carbocycles. The molecule has 0 spiro atoms. The third-order valence-corrected chi connectivity index (χ3v) is 3.86. The molecule has 0 N–H and O–H groups in total. The number of hydrogen-bond donors (Lipinski definition) is 0. The number of benzene rings is 2. The third kappa shape index (κ3) is 3.46. The summed E-state index contributed by atoms with van der Waals surface area (Å²) in [4.78, 5) is 13.8. The molecule has 114 valence electrons. The zero-order chi connectivity index (χ0) is 15.5. The summed E-state index contributed by atoms with van der Waals surface area (Å²) in [5.41, 5.74) is 1.41. The maximum absolute atomic E-state index is 13.1. The van der Waals surface area contributed by atoms with Crippen LogP contribution >= 0.6 is 11.6 Å². The molecular formula is C17H15ClFNO2. The van der Waals surface area contributed by atoms with E-state index >= 15 is 0 Å². The molecule has 3 nitrogen and oxygen atoms in total. The van der Waals surface area contributed by atoms with E-state index in [0.29, 0.717) is 30.3 Å². The zero-order valence-electron chi connectivity index (χ0n) is 11.8. The number of nitrogens with zero attached hydrogens (tertiary/aromatic N) is 1. The van der Waals surface area contributed by atoms with Crippen LogP contribution in [0.1, 0.15) is 15.9 Å². The van der Waals surface area contributed by atoms with Gasteiger partial charge >= 0.3 is 0 Å². The molecule has 0 saturated carbocycles. The Kier molecular flexibility index (Phi) is 4.41. The van der Waals surface area contributed by atoms with E-state index < -0.39 is 5.82 Å². The Morgan fingerprint density at radius 1 is 1.23 bits per heavy atom. The first kappa shape index (κ1) is 15.0. The van der Waals surface area contributed by atoms with E-state index in [0.717, 1.165) is 5.56 Å². The first-order valence-corrected chi connectivity index (χ1v) is 7.40. The summed E-state index contributed by atoms with van der Waals surface area (Å²) in [5, 5.41) is 0.694. The van der Waals surface area contributed by atoms with Crippen LogP contribution in [0.15, 0.2) is 48.5 Å². The maximum Gasteiger partial charge on any atom is 0.254 e. The predicted octanol–water partition coefficient (Wildman–Crippen LogP) is 3.52. The van der Waals surface area contributed by atoms with Crippen molar-refractivity contribution in [3.63, 3.8) is 0 Å². The second kappa shape index (κ2) is 6.46. The van der Waals surface area contributed by atoms with E-state index in [4.69, 9.17) is 16.3 Å². The van der Waals surface area contributed by atoms with Crippen molar-refractivity contribution in [3.05, 3.63) is 70.5 Å². The van der Waals surface area contributed by atoms with Crippen LogP contribution in [0.5, 0.6) is 0 Å². The lowest BCUT2D eigenvalue weighted by Crippen LogP contribution is -2.54. The molecule has 22 heavy (non-hydrogen) atoms. The van der Waals surface area contributed by atoms with Crippen molar-refractivity contribution < 1.29 is 13.9 Å². The summed E-state index contributed by atoms with van der Waals surface area (Å²) in [6, 6.07) is 13.2. The molecule has 0 unspecified atom stereocenters. The van der Waals surface area contributed by atoms with E-state index in [1.807, 2.05) is 24.3 Å². The van der Waals surface area contributed by atoms with Gasteiger partial charge < -0.3 is 9.64 Å². The van der Waals surface area contributed by atoms with Gasteiger partial charge in [0.25, 0.3) is 5.91 Å². The standard InChI is InChI=1S/C17H15ClFNO2/c18-14-6-4-12(5-7-14)11-22-16-9-20(10-16)17(21)13-2-1-3-15(19)8-13/h1-8,16H,9-11H2. The van der Waals surface area contributed by atoms with Crippen molar-refractivity contribution in [3.8, 4) is 0 Å². The summed E-state index contributed by atoms with van der Waals surface area (Å²) < 4.78 is 18.9. The van der Waals surface area contributed by atoms with Crippen molar-refractivity contribution in [2.24, 2.45) is 0 Å². The lowest BCUT2D eigenvalue weighted by Gasteiger charge is -2.39. The van der Waals surface area contributed by atoms with Gasteiger partial charge in [0.05, 0.1) is 12.7 Å². The molecule has 1 fully saturated rings. The molecule has 0 bridgehead atoms. The Morgan fingerprint density at radius 2 is 1.95 bits per heavy atom. The number of amides is 1. The summed E-state index contributed by atoms with van der Waals surface area (Å²) in [6.45, 7) is 1.55. The van der Waals surface area contributed by atoms with Crippen molar-refractivity contribution in [2.75, 3.05) is 13.1 Å². The van der Waals surface area contributed by atoms with Crippen LogP contribution < -0.4 is 0 Å². The number of likely N-dealkylation sites (tertiary alicyclic amines) is 1. The van der Waals surface area contributed by atoms with Crippen LogP contribution in [-0.4, -0.2) is 30.0 Å². The van der Waals surface area contributed by atoms with Gasteiger partial charge in [0, 0.05) is 23.7 Å². The second-order valence-electron chi connectivity index (χ2n) is 5.28. The van der Waals surface area contributed by atoms with E-state index in [1.165, 1.54) is 18.2 Å². The number of rotatable bonds is 4. The topological polar surface area (TPSA) is 29.5 Å². The van der Waals surface area contributed by atoms with Crippen LogP contribution in [0.2, 0.25) is 5.02 Å². The molecule has 5 heteroatoms. The minimum Gasteiger partial charge on any atom is -0.370 e. The van der Waals surface area contributed by atoms with Gasteiger partial charge in [-0.25, -0.2) is 4.39 Å². The molecule has 1 amide bonds. The highest BCUT2D eigenvalue weighted by molar-refractivity contribution is 6.30. The molecule has 3 rings (SSSR count). The summed E-state index contributed by atoms with van der Waals surface area (Å²) in [5.74, 6) is -0.562. The Labute approximate surface area is 133 Å². The smallest absolute Gasteiger partial charge is 0.254 e. The largest absolute Gasteiger partial charge is 0.370 e. The van der Waals surface area contributed by atoms with Gasteiger partial charge in [0.1, 0.15) is 5.82 Å². The predicted molar refractivity (Wildman–Crippen MR) is 82.3 cm³/mol. The normalized spacial score (nSPS) is 14.7. The van der Waals surface area contributed by atoms with Gasteiger partial charge in [-0.05, 0) is 35.9 Å². The molecule has 1 heterocycles. The second-order valence-corrected chi connectivity index (χ2v) is 5.72. The zero-order valence-corrected chi connectivity index (χ0v) is 12.6. The lowest BCUT2D eigenvalue weighted by atomic mass is 10.1. The highest BCUT2D eigenvalue weighted by Gasteiger charge is 2.31. The van der Waals surface area contributed by atoms with Crippen molar-refractivity contribution in [2.45, 2.75) is 12.7 Å². The Hall–Kier alpha value is -1.91. The monoisotopic (exact) mass is 319 g/mol. The fraction of sp³-hybridized carbons (Fsp3) is 0.235. The number of ether oxygens (including phenoxy) is 1. The molecular weight excluding hydrogens is 305 g/mol. The maximum atomic E-state index is 13.1. The van der Waals surface area contributed by atoms with Gasteiger partial charge in [0.2, 0.25) is 0 Å². The van der Waals surface area contributed by atoms with E-state index in [-0.39, 0.29) is 12.0 Å². The summed E-state index contributed by atoms with van der Waals surface area (Å²) in [7, 11) is 0. The average molecular weight is 320 g/mol. The van der Waals surface area contributed by atoms with Gasteiger partial charge in [-0.3, -0.25) is 4.79 Å². The SMILES string of the molecule is O=C(c1cccc(F)c1)N1CC(OCc2ccc(Cl)cc2)C1.